The van der Waals surface area contributed by atoms with Gasteiger partial charge in [0, 0.05) is 24.4 Å². The molecule has 1 atom stereocenters. The number of nitrogens with one attached hydrogen (secondary N) is 1. The van der Waals surface area contributed by atoms with Crippen LogP contribution in [0.15, 0.2) is 47.8 Å². The van der Waals surface area contributed by atoms with Gasteiger partial charge >= 0.3 is 0 Å². The summed E-state index contributed by atoms with van der Waals surface area (Å²) in [6.45, 7) is 1.20. The van der Waals surface area contributed by atoms with Crippen LogP contribution < -0.4 is 5.32 Å². The summed E-state index contributed by atoms with van der Waals surface area (Å²) in [6.07, 6.45) is 0.782. The average Bonchev–Trinajstić information content (AvgIpc) is 3.11. The van der Waals surface area contributed by atoms with Gasteiger partial charge < -0.3 is 10.2 Å². The number of amides is 2. The zero-order valence-electron chi connectivity index (χ0n) is 12.2. The van der Waals surface area contributed by atoms with Crippen LogP contribution in [0.25, 0.3) is 0 Å². The van der Waals surface area contributed by atoms with Crippen molar-refractivity contribution in [3.63, 3.8) is 0 Å². The summed E-state index contributed by atoms with van der Waals surface area (Å²) in [4.78, 5) is 26.9. The van der Waals surface area contributed by atoms with Crippen molar-refractivity contribution in [1.82, 2.24) is 10.2 Å². The molecule has 5 heteroatoms. The lowest BCUT2D eigenvalue weighted by Gasteiger charge is -2.17. The molecule has 114 valence electrons. The SMILES string of the molecule is O=C(Cc1cccs1)N[C@@H]1CC(=O)N(Cc2ccccc2)C1. The van der Waals surface area contributed by atoms with Crippen molar-refractivity contribution in [3.8, 4) is 0 Å². The van der Waals surface area contributed by atoms with Gasteiger partial charge in [0.05, 0.1) is 12.5 Å². The van der Waals surface area contributed by atoms with E-state index < -0.39 is 0 Å². The number of carbonyl (C=O) groups excluding carboxylic acids is 2. The number of hydrogen-bond donors (Lipinski definition) is 1. The minimum atomic E-state index is -0.0799. The molecule has 4 nitrogen and oxygen atoms in total. The molecule has 0 radical (unpaired) electrons. The monoisotopic (exact) mass is 314 g/mol. The molecule has 2 heterocycles. The van der Waals surface area contributed by atoms with Gasteiger partial charge in [-0.15, -0.1) is 11.3 Å². The van der Waals surface area contributed by atoms with Gasteiger partial charge in [-0.1, -0.05) is 36.4 Å². The third kappa shape index (κ3) is 3.74. The summed E-state index contributed by atoms with van der Waals surface area (Å²) in [5.41, 5.74) is 1.11. The van der Waals surface area contributed by atoms with Crippen molar-refractivity contribution in [2.24, 2.45) is 0 Å². The standard InChI is InChI=1S/C17H18N2O2S/c20-16(10-15-7-4-8-22-15)18-14-9-17(21)19(12-14)11-13-5-2-1-3-6-13/h1-8,14H,9-12H2,(H,18,20)/t14-/m1/s1. The largest absolute Gasteiger partial charge is 0.351 e. The molecular formula is C17H18N2O2S. The molecule has 2 amide bonds. The van der Waals surface area contributed by atoms with Crippen LogP contribution in [-0.4, -0.2) is 29.3 Å². The highest BCUT2D eigenvalue weighted by atomic mass is 32.1. The number of carbonyl (C=O) groups is 2. The maximum absolute atomic E-state index is 12.1. The molecule has 1 N–H and O–H groups in total. The number of likely N-dealkylation sites (tertiary alicyclic amines) is 1. The Balaban J connectivity index is 1.52. The molecule has 3 rings (SSSR count). The fourth-order valence-corrected chi connectivity index (χ4v) is 3.38. The van der Waals surface area contributed by atoms with E-state index in [1.807, 2.05) is 52.7 Å². The van der Waals surface area contributed by atoms with E-state index in [1.165, 1.54) is 0 Å². The van der Waals surface area contributed by atoms with Crippen LogP contribution in [0.1, 0.15) is 16.9 Å². The van der Waals surface area contributed by atoms with Crippen molar-refractivity contribution < 1.29 is 9.59 Å². The third-order valence-corrected chi connectivity index (χ3v) is 4.59. The highest BCUT2D eigenvalue weighted by Crippen LogP contribution is 2.16. The van der Waals surface area contributed by atoms with Crippen LogP contribution in [0.5, 0.6) is 0 Å². The third-order valence-electron chi connectivity index (χ3n) is 3.71. The van der Waals surface area contributed by atoms with E-state index >= 15 is 0 Å². The van der Waals surface area contributed by atoms with Crippen molar-refractivity contribution in [2.45, 2.75) is 25.4 Å². The Kier molecular flexibility index (Phi) is 4.53. The first-order chi connectivity index (χ1) is 10.7. The van der Waals surface area contributed by atoms with Gasteiger partial charge in [0.15, 0.2) is 0 Å². The molecule has 1 aromatic heterocycles. The Bertz CT molecular complexity index is 640. The van der Waals surface area contributed by atoms with Gasteiger partial charge in [-0.3, -0.25) is 9.59 Å². The molecule has 0 spiro atoms. The Morgan fingerprint density at radius 3 is 2.77 bits per heavy atom. The molecule has 1 saturated heterocycles. The first-order valence-electron chi connectivity index (χ1n) is 7.34. The Morgan fingerprint density at radius 1 is 1.23 bits per heavy atom. The van der Waals surface area contributed by atoms with Crippen molar-refractivity contribution in [2.75, 3.05) is 6.54 Å². The van der Waals surface area contributed by atoms with Crippen LogP contribution >= 0.6 is 11.3 Å². The van der Waals surface area contributed by atoms with Gasteiger partial charge in [0.2, 0.25) is 11.8 Å². The molecule has 0 unspecified atom stereocenters. The van der Waals surface area contributed by atoms with E-state index in [4.69, 9.17) is 0 Å². The lowest BCUT2D eigenvalue weighted by molar-refractivity contribution is -0.128. The second kappa shape index (κ2) is 6.75. The van der Waals surface area contributed by atoms with Crippen LogP contribution in [0.3, 0.4) is 0 Å². The topological polar surface area (TPSA) is 49.4 Å². The molecule has 1 aliphatic heterocycles. The molecule has 2 aromatic rings. The lowest BCUT2D eigenvalue weighted by atomic mass is 10.2. The van der Waals surface area contributed by atoms with Gasteiger partial charge in [-0.05, 0) is 17.0 Å². The summed E-state index contributed by atoms with van der Waals surface area (Å²) in [5.74, 6) is 0.0899. The highest BCUT2D eigenvalue weighted by Gasteiger charge is 2.30. The minimum Gasteiger partial charge on any atom is -0.351 e. The maximum atomic E-state index is 12.1. The van der Waals surface area contributed by atoms with Crippen LogP contribution in [-0.2, 0) is 22.6 Å². The van der Waals surface area contributed by atoms with E-state index in [9.17, 15) is 9.59 Å². The van der Waals surface area contributed by atoms with E-state index in [0.717, 1.165) is 10.4 Å². The predicted octanol–water partition coefficient (Wildman–Crippen LogP) is 2.21. The fourth-order valence-electron chi connectivity index (χ4n) is 2.68. The highest BCUT2D eigenvalue weighted by molar-refractivity contribution is 7.10. The molecule has 1 aliphatic rings. The number of hydrogen-bond acceptors (Lipinski definition) is 3. The molecule has 0 bridgehead atoms. The average molecular weight is 314 g/mol. The number of rotatable bonds is 5. The maximum Gasteiger partial charge on any atom is 0.225 e. The summed E-state index contributed by atoms with van der Waals surface area (Å²) in [6, 6.07) is 13.7. The smallest absolute Gasteiger partial charge is 0.225 e. The van der Waals surface area contributed by atoms with Crippen molar-refractivity contribution in [3.05, 3.63) is 58.3 Å². The van der Waals surface area contributed by atoms with E-state index in [1.54, 1.807) is 11.3 Å². The van der Waals surface area contributed by atoms with Crippen LogP contribution in [0.4, 0.5) is 0 Å². The molecule has 1 aromatic carbocycles. The van der Waals surface area contributed by atoms with E-state index in [-0.39, 0.29) is 17.9 Å². The molecule has 0 aliphatic carbocycles. The first kappa shape index (κ1) is 14.8. The minimum absolute atomic E-state index is 0.0122. The fraction of sp³-hybridized carbons (Fsp3) is 0.294. The molecule has 0 saturated carbocycles. The second-order valence-corrected chi connectivity index (χ2v) is 6.52. The number of thiophene rings is 1. The van der Waals surface area contributed by atoms with Gasteiger partial charge in [-0.2, -0.15) is 0 Å². The van der Waals surface area contributed by atoms with Crippen LogP contribution in [0, 0.1) is 0 Å². The first-order valence-corrected chi connectivity index (χ1v) is 8.22. The van der Waals surface area contributed by atoms with Gasteiger partial charge in [-0.25, -0.2) is 0 Å². The Hall–Kier alpha value is -2.14. The Morgan fingerprint density at radius 2 is 2.05 bits per heavy atom. The molecule has 1 fully saturated rings. The summed E-state index contributed by atoms with van der Waals surface area (Å²) < 4.78 is 0. The predicted molar refractivity (Wildman–Crippen MR) is 86.4 cm³/mol. The summed E-state index contributed by atoms with van der Waals surface area (Å²) >= 11 is 1.57. The van der Waals surface area contributed by atoms with Gasteiger partial charge in [0.25, 0.3) is 0 Å². The molecular weight excluding hydrogens is 296 g/mol. The zero-order chi connectivity index (χ0) is 15.4. The van der Waals surface area contributed by atoms with Crippen molar-refractivity contribution >= 4 is 23.2 Å². The van der Waals surface area contributed by atoms with Crippen LogP contribution in [0.2, 0.25) is 0 Å². The van der Waals surface area contributed by atoms with E-state index in [0.29, 0.717) is 25.9 Å². The van der Waals surface area contributed by atoms with E-state index in [2.05, 4.69) is 5.32 Å². The summed E-state index contributed by atoms with van der Waals surface area (Å²) in [5, 5.41) is 4.93. The normalized spacial score (nSPS) is 17.7. The molecule has 22 heavy (non-hydrogen) atoms. The zero-order valence-corrected chi connectivity index (χ0v) is 13.0. The second-order valence-electron chi connectivity index (χ2n) is 5.48. The van der Waals surface area contributed by atoms with Gasteiger partial charge in [0.1, 0.15) is 0 Å². The number of benzene rings is 1. The quantitative estimate of drug-likeness (QED) is 0.920. The van der Waals surface area contributed by atoms with Crippen molar-refractivity contribution in [1.29, 1.82) is 0 Å². The number of nitrogens with zero attached hydrogens (tertiary/aromatic N) is 1. The lowest BCUT2D eigenvalue weighted by Crippen LogP contribution is -2.37. The Labute approximate surface area is 133 Å². The summed E-state index contributed by atoms with van der Waals surface area (Å²) in [7, 11) is 0.